The Bertz CT molecular complexity index is 336. The van der Waals surface area contributed by atoms with Gasteiger partial charge in [-0.2, -0.15) is 12.7 Å². The maximum absolute atomic E-state index is 11.9. The molecule has 0 aliphatic carbocycles. The van der Waals surface area contributed by atoms with Crippen molar-refractivity contribution in [1.82, 2.24) is 14.3 Å². The van der Waals surface area contributed by atoms with Gasteiger partial charge in [0.15, 0.2) is 0 Å². The van der Waals surface area contributed by atoms with Gasteiger partial charge in [-0.15, -0.1) is 0 Å². The fraction of sp³-hybridized carbons (Fsp3) is 1.00. The molecule has 6 heteroatoms. The molecule has 1 unspecified atom stereocenters. The van der Waals surface area contributed by atoms with Gasteiger partial charge in [-0.1, -0.05) is 6.92 Å². The van der Waals surface area contributed by atoms with Crippen LogP contribution in [0.15, 0.2) is 0 Å². The first-order valence-electron chi connectivity index (χ1n) is 6.03. The molecule has 0 aromatic rings. The molecule has 2 rings (SSSR count). The van der Waals surface area contributed by atoms with Crippen molar-refractivity contribution in [2.75, 3.05) is 32.7 Å². The maximum atomic E-state index is 11.9. The Morgan fingerprint density at radius 3 is 2.88 bits per heavy atom. The summed E-state index contributed by atoms with van der Waals surface area (Å²) in [5.74, 6) is 0. The minimum Gasteiger partial charge on any atom is -0.316 e. The van der Waals surface area contributed by atoms with Crippen LogP contribution in [0.2, 0.25) is 0 Å². The van der Waals surface area contributed by atoms with Crippen LogP contribution in [0.5, 0.6) is 0 Å². The van der Waals surface area contributed by atoms with E-state index in [-0.39, 0.29) is 5.41 Å². The van der Waals surface area contributed by atoms with E-state index in [2.05, 4.69) is 10.0 Å². The van der Waals surface area contributed by atoms with Crippen molar-refractivity contribution < 1.29 is 8.42 Å². The quantitative estimate of drug-likeness (QED) is 0.730. The molecule has 2 aliphatic heterocycles. The van der Waals surface area contributed by atoms with Gasteiger partial charge in [-0.05, 0) is 31.2 Å². The summed E-state index contributed by atoms with van der Waals surface area (Å²) in [5.41, 5.74) is 0.209. The van der Waals surface area contributed by atoms with E-state index in [4.69, 9.17) is 0 Å². The molecule has 5 nitrogen and oxygen atoms in total. The van der Waals surface area contributed by atoms with Gasteiger partial charge in [0.2, 0.25) is 0 Å². The van der Waals surface area contributed by atoms with E-state index < -0.39 is 10.2 Å². The van der Waals surface area contributed by atoms with Crippen molar-refractivity contribution in [2.24, 2.45) is 5.41 Å². The second kappa shape index (κ2) is 4.60. The van der Waals surface area contributed by atoms with Crippen molar-refractivity contribution in [2.45, 2.75) is 26.2 Å². The Balaban J connectivity index is 1.97. The van der Waals surface area contributed by atoms with Crippen LogP contribution >= 0.6 is 0 Å². The summed E-state index contributed by atoms with van der Waals surface area (Å²) in [6.45, 7) is 5.84. The first-order valence-corrected chi connectivity index (χ1v) is 7.47. The average molecular weight is 247 g/mol. The van der Waals surface area contributed by atoms with Crippen molar-refractivity contribution >= 4 is 10.2 Å². The van der Waals surface area contributed by atoms with E-state index >= 15 is 0 Å². The lowest BCUT2D eigenvalue weighted by Crippen LogP contribution is -2.41. The van der Waals surface area contributed by atoms with Gasteiger partial charge in [0.05, 0.1) is 0 Å². The molecule has 2 aliphatic rings. The Labute approximate surface area is 97.8 Å². The standard InChI is InChI=1S/C10H21N3O2S/c1-2-5-12-16(14,15)13-7-4-10(9-13)3-6-11-8-10/h11-12H,2-9H2,1H3. The predicted molar refractivity (Wildman–Crippen MR) is 63.3 cm³/mol. The third-order valence-corrected chi connectivity index (χ3v) is 5.17. The van der Waals surface area contributed by atoms with Crippen LogP contribution in [0.25, 0.3) is 0 Å². The van der Waals surface area contributed by atoms with E-state index in [1.54, 1.807) is 4.31 Å². The molecule has 2 N–H and O–H groups in total. The van der Waals surface area contributed by atoms with E-state index in [1.165, 1.54) is 0 Å². The molecule has 2 heterocycles. The maximum Gasteiger partial charge on any atom is 0.279 e. The van der Waals surface area contributed by atoms with Crippen LogP contribution in [-0.4, -0.2) is 45.4 Å². The van der Waals surface area contributed by atoms with Crippen molar-refractivity contribution in [3.8, 4) is 0 Å². The van der Waals surface area contributed by atoms with Gasteiger partial charge in [0, 0.05) is 26.2 Å². The number of hydrogen-bond acceptors (Lipinski definition) is 3. The van der Waals surface area contributed by atoms with Crippen molar-refractivity contribution in [3.05, 3.63) is 0 Å². The van der Waals surface area contributed by atoms with Crippen LogP contribution in [0.3, 0.4) is 0 Å². The minimum atomic E-state index is -3.23. The molecule has 0 radical (unpaired) electrons. The SMILES string of the molecule is CCCNS(=O)(=O)N1CCC2(CCNC2)C1. The highest BCUT2D eigenvalue weighted by Gasteiger charge is 2.43. The molecule has 2 fully saturated rings. The van der Waals surface area contributed by atoms with E-state index in [0.717, 1.165) is 32.4 Å². The third-order valence-electron chi connectivity index (χ3n) is 3.61. The lowest BCUT2D eigenvalue weighted by Gasteiger charge is -2.22. The predicted octanol–water partition coefficient (Wildman–Crippen LogP) is -0.0838. The highest BCUT2D eigenvalue weighted by Crippen LogP contribution is 2.36. The molecule has 0 aromatic carbocycles. The average Bonchev–Trinajstić information content (AvgIpc) is 2.87. The zero-order chi connectivity index (χ0) is 11.6. The lowest BCUT2D eigenvalue weighted by atomic mass is 9.87. The largest absolute Gasteiger partial charge is 0.316 e. The first-order chi connectivity index (χ1) is 7.58. The summed E-state index contributed by atoms with van der Waals surface area (Å²) in [6.07, 6.45) is 2.93. The fourth-order valence-corrected chi connectivity index (χ4v) is 3.99. The molecule has 16 heavy (non-hydrogen) atoms. The summed E-state index contributed by atoms with van der Waals surface area (Å²) >= 11 is 0. The molecular formula is C10H21N3O2S. The smallest absolute Gasteiger partial charge is 0.279 e. The lowest BCUT2D eigenvalue weighted by molar-refractivity contribution is 0.336. The third kappa shape index (κ3) is 2.40. The van der Waals surface area contributed by atoms with Gasteiger partial charge in [0.1, 0.15) is 0 Å². The second-order valence-corrected chi connectivity index (χ2v) is 6.66. The monoisotopic (exact) mass is 247 g/mol. The molecule has 1 spiro atoms. The van der Waals surface area contributed by atoms with Crippen molar-refractivity contribution in [1.29, 1.82) is 0 Å². The zero-order valence-electron chi connectivity index (χ0n) is 9.83. The summed E-state index contributed by atoms with van der Waals surface area (Å²) in [5, 5.41) is 3.33. The molecular weight excluding hydrogens is 226 g/mol. The van der Waals surface area contributed by atoms with Crippen molar-refractivity contribution in [3.63, 3.8) is 0 Å². The van der Waals surface area contributed by atoms with Crippen LogP contribution in [0, 0.1) is 5.41 Å². The summed E-state index contributed by atoms with van der Waals surface area (Å²) in [7, 11) is -3.23. The molecule has 0 amide bonds. The molecule has 0 aromatic heterocycles. The van der Waals surface area contributed by atoms with Gasteiger partial charge >= 0.3 is 0 Å². The van der Waals surface area contributed by atoms with Gasteiger partial charge in [-0.25, -0.2) is 4.72 Å². The first kappa shape index (κ1) is 12.3. The molecule has 0 bridgehead atoms. The Morgan fingerprint density at radius 2 is 2.25 bits per heavy atom. The highest BCUT2D eigenvalue weighted by molar-refractivity contribution is 7.87. The van der Waals surface area contributed by atoms with E-state index in [1.807, 2.05) is 6.92 Å². The fourth-order valence-electron chi connectivity index (χ4n) is 2.57. The van der Waals surface area contributed by atoms with Gasteiger partial charge in [0.25, 0.3) is 10.2 Å². The molecule has 1 atom stereocenters. The van der Waals surface area contributed by atoms with Crippen LogP contribution in [0.1, 0.15) is 26.2 Å². The Morgan fingerprint density at radius 1 is 1.44 bits per heavy atom. The molecule has 0 saturated carbocycles. The van der Waals surface area contributed by atoms with Gasteiger partial charge in [-0.3, -0.25) is 0 Å². The second-order valence-electron chi connectivity index (χ2n) is 4.91. The molecule has 94 valence electrons. The number of nitrogens with one attached hydrogen (secondary N) is 2. The van der Waals surface area contributed by atoms with Crippen LogP contribution < -0.4 is 10.0 Å². The molecule has 2 saturated heterocycles. The van der Waals surface area contributed by atoms with Crippen LogP contribution in [0.4, 0.5) is 0 Å². The van der Waals surface area contributed by atoms with Crippen LogP contribution in [-0.2, 0) is 10.2 Å². The summed E-state index contributed by atoms with van der Waals surface area (Å²) in [4.78, 5) is 0. The zero-order valence-corrected chi connectivity index (χ0v) is 10.6. The number of hydrogen-bond donors (Lipinski definition) is 2. The topological polar surface area (TPSA) is 61.4 Å². The number of rotatable bonds is 4. The van der Waals surface area contributed by atoms with E-state index in [9.17, 15) is 8.42 Å². The van der Waals surface area contributed by atoms with Gasteiger partial charge < -0.3 is 5.32 Å². The highest BCUT2D eigenvalue weighted by atomic mass is 32.2. The Hall–Kier alpha value is -0.170. The summed E-state index contributed by atoms with van der Waals surface area (Å²) < 4.78 is 28.1. The normalized spacial score (nSPS) is 31.6. The Kier molecular flexibility index (Phi) is 3.53. The number of nitrogens with zero attached hydrogens (tertiary/aromatic N) is 1. The minimum absolute atomic E-state index is 0.209. The summed E-state index contributed by atoms with van der Waals surface area (Å²) in [6, 6.07) is 0. The van der Waals surface area contributed by atoms with E-state index in [0.29, 0.717) is 19.6 Å².